The predicted octanol–water partition coefficient (Wildman–Crippen LogP) is 4.21. The number of pyridine rings is 1. The zero-order chi connectivity index (χ0) is 23.2. The fraction of sp³-hybridized carbons (Fsp3) is 0.286. The van der Waals surface area contributed by atoms with Crippen LogP contribution >= 0.6 is 0 Å². The van der Waals surface area contributed by atoms with Crippen LogP contribution in [0.2, 0.25) is 0 Å². The van der Waals surface area contributed by atoms with Gasteiger partial charge in [0.25, 0.3) is 11.5 Å². The maximum atomic E-state index is 13.3. The number of nitrogens with one attached hydrogen (secondary N) is 1. The van der Waals surface area contributed by atoms with E-state index in [1.165, 1.54) is 16.5 Å². The molecule has 34 heavy (non-hydrogen) atoms. The molecule has 0 unspecified atom stereocenters. The molecular formula is C28H28N4O2. The van der Waals surface area contributed by atoms with E-state index < -0.39 is 0 Å². The predicted molar refractivity (Wildman–Crippen MR) is 134 cm³/mol. The summed E-state index contributed by atoms with van der Waals surface area (Å²) in [6.45, 7) is 3.54. The maximum Gasteiger partial charge on any atom is 0.274 e. The Bertz CT molecular complexity index is 1440. The van der Waals surface area contributed by atoms with Crippen molar-refractivity contribution in [2.24, 2.45) is 13.0 Å². The number of benzene rings is 2. The number of anilines is 1. The number of likely N-dealkylation sites (tertiary alicyclic amines) is 1. The minimum atomic E-state index is -0.254. The molecule has 2 aromatic heterocycles. The number of hydrogen-bond donors (Lipinski definition) is 1. The molecule has 2 aliphatic heterocycles. The van der Waals surface area contributed by atoms with E-state index in [1.54, 1.807) is 18.2 Å². The van der Waals surface area contributed by atoms with Crippen molar-refractivity contribution in [2.75, 3.05) is 18.4 Å². The van der Waals surface area contributed by atoms with Gasteiger partial charge in [-0.2, -0.15) is 0 Å². The molecule has 6 rings (SSSR count). The van der Waals surface area contributed by atoms with Gasteiger partial charge in [0.05, 0.1) is 0 Å². The van der Waals surface area contributed by atoms with Crippen molar-refractivity contribution in [2.45, 2.75) is 25.4 Å². The zero-order valence-corrected chi connectivity index (χ0v) is 19.3. The summed E-state index contributed by atoms with van der Waals surface area (Å²) in [6.07, 6.45) is 3.36. The van der Waals surface area contributed by atoms with Gasteiger partial charge in [0.2, 0.25) is 0 Å². The molecule has 4 heterocycles. The van der Waals surface area contributed by atoms with Gasteiger partial charge in [-0.25, -0.2) is 0 Å². The zero-order valence-electron chi connectivity index (χ0n) is 19.3. The SMILES string of the molecule is Cn1cc(CN2C[C@H]3C[C@H](C2)c2ccc(NC(=O)c4ccccc4)c(=O)n2C3)c2ccccc21. The van der Waals surface area contributed by atoms with Crippen molar-refractivity contribution < 1.29 is 4.79 Å². The maximum absolute atomic E-state index is 13.3. The Morgan fingerprint density at radius 1 is 0.971 bits per heavy atom. The van der Waals surface area contributed by atoms with E-state index in [0.717, 1.165) is 31.7 Å². The van der Waals surface area contributed by atoms with Crippen molar-refractivity contribution in [3.05, 3.63) is 100 Å². The second kappa shape index (κ2) is 8.29. The Balaban J connectivity index is 1.23. The third-order valence-corrected chi connectivity index (χ3v) is 7.34. The number of aromatic nitrogens is 2. The van der Waals surface area contributed by atoms with Crippen molar-refractivity contribution in [3.8, 4) is 0 Å². The summed E-state index contributed by atoms with van der Waals surface area (Å²) < 4.78 is 4.10. The van der Waals surface area contributed by atoms with Gasteiger partial charge in [-0.15, -0.1) is 0 Å². The summed E-state index contributed by atoms with van der Waals surface area (Å²) in [7, 11) is 2.10. The second-order valence-corrected chi connectivity index (χ2v) is 9.68. The van der Waals surface area contributed by atoms with Gasteiger partial charge < -0.3 is 14.5 Å². The molecule has 172 valence electrons. The molecule has 6 nitrogen and oxygen atoms in total. The summed E-state index contributed by atoms with van der Waals surface area (Å²) in [5.41, 5.74) is 4.50. The van der Waals surface area contributed by atoms with E-state index in [2.05, 4.69) is 52.3 Å². The highest BCUT2D eigenvalue weighted by Gasteiger charge is 2.35. The number of carbonyl (C=O) groups excluding carboxylic acids is 1. The van der Waals surface area contributed by atoms with Gasteiger partial charge >= 0.3 is 0 Å². The molecular weight excluding hydrogens is 424 g/mol. The van der Waals surface area contributed by atoms with Gasteiger partial charge in [0.1, 0.15) is 5.69 Å². The summed E-state index contributed by atoms with van der Waals surface area (Å²) in [6, 6.07) is 21.4. The highest BCUT2D eigenvalue weighted by molar-refractivity contribution is 6.04. The van der Waals surface area contributed by atoms with Crippen LogP contribution in [-0.4, -0.2) is 33.0 Å². The standard InChI is InChI=1S/C28H28N4O2/c1-30-16-22(23-9-5-6-10-26(23)30)18-31-14-19-13-21(17-31)25-12-11-24(28(34)32(25)15-19)29-27(33)20-7-3-2-4-8-20/h2-12,16,19,21H,13-15,17-18H2,1H3,(H,29,33)/t19-,21-/m1/s1. The Kier molecular flexibility index (Phi) is 5.11. The highest BCUT2D eigenvalue weighted by Crippen LogP contribution is 2.36. The lowest BCUT2D eigenvalue weighted by molar-refractivity contribution is 0.102. The smallest absolute Gasteiger partial charge is 0.274 e. The quantitative estimate of drug-likeness (QED) is 0.505. The van der Waals surface area contributed by atoms with Gasteiger partial charge in [0.15, 0.2) is 0 Å². The van der Waals surface area contributed by atoms with Crippen LogP contribution in [0.25, 0.3) is 10.9 Å². The van der Waals surface area contributed by atoms with E-state index in [4.69, 9.17) is 0 Å². The molecule has 2 aromatic carbocycles. The molecule has 0 aliphatic carbocycles. The van der Waals surface area contributed by atoms with E-state index in [9.17, 15) is 9.59 Å². The minimum Gasteiger partial charge on any atom is -0.350 e. The number of aryl methyl sites for hydroxylation is 1. The van der Waals surface area contributed by atoms with E-state index in [0.29, 0.717) is 29.6 Å². The van der Waals surface area contributed by atoms with Crippen LogP contribution in [0.15, 0.2) is 77.7 Å². The fourth-order valence-corrected chi connectivity index (χ4v) is 5.85. The number of hydrogen-bond acceptors (Lipinski definition) is 3. The molecule has 1 saturated heterocycles. The van der Waals surface area contributed by atoms with Crippen molar-refractivity contribution in [1.82, 2.24) is 14.0 Å². The number of nitrogens with zero attached hydrogens (tertiary/aromatic N) is 3. The van der Waals surface area contributed by atoms with Crippen LogP contribution in [0.4, 0.5) is 5.69 Å². The number of fused-ring (bicyclic) bond motifs is 5. The minimum absolute atomic E-state index is 0.0982. The van der Waals surface area contributed by atoms with Crippen molar-refractivity contribution in [3.63, 3.8) is 0 Å². The molecule has 2 aliphatic rings. The summed E-state index contributed by atoms with van der Waals surface area (Å²) in [5, 5.41) is 4.13. The van der Waals surface area contributed by atoms with Crippen molar-refractivity contribution in [1.29, 1.82) is 0 Å². The number of carbonyl (C=O) groups is 1. The van der Waals surface area contributed by atoms with Crippen LogP contribution in [0.5, 0.6) is 0 Å². The molecule has 2 atom stereocenters. The first-order chi connectivity index (χ1) is 16.6. The molecule has 4 aromatic rings. The van der Waals surface area contributed by atoms with Gasteiger partial charge in [-0.3, -0.25) is 14.5 Å². The van der Waals surface area contributed by atoms with E-state index >= 15 is 0 Å². The summed E-state index contributed by atoms with van der Waals surface area (Å²) in [5.74, 6) is 0.503. The highest BCUT2D eigenvalue weighted by atomic mass is 16.2. The Labute approximate surface area is 198 Å². The lowest BCUT2D eigenvalue weighted by Crippen LogP contribution is -2.47. The monoisotopic (exact) mass is 452 g/mol. The van der Waals surface area contributed by atoms with Crippen LogP contribution in [0.1, 0.15) is 34.0 Å². The van der Waals surface area contributed by atoms with E-state index in [-0.39, 0.29) is 11.5 Å². The van der Waals surface area contributed by atoms with E-state index in [1.807, 2.05) is 28.8 Å². The van der Waals surface area contributed by atoms with Crippen LogP contribution in [0, 0.1) is 5.92 Å². The molecule has 0 saturated carbocycles. The third kappa shape index (κ3) is 3.64. The largest absolute Gasteiger partial charge is 0.350 e. The number of amides is 1. The summed E-state index contributed by atoms with van der Waals surface area (Å²) >= 11 is 0. The Morgan fingerprint density at radius 3 is 2.62 bits per heavy atom. The molecule has 0 radical (unpaired) electrons. The normalized spacial score (nSPS) is 19.7. The molecule has 1 fully saturated rings. The fourth-order valence-electron chi connectivity index (χ4n) is 5.85. The summed E-state index contributed by atoms with van der Waals surface area (Å²) in [4.78, 5) is 28.4. The molecule has 0 spiro atoms. The first-order valence-corrected chi connectivity index (χ1v) is 11.9. The number of rotatable bonds is 4. The average Bonchev–Trinajstić information content (AvgIpc) is 3.17. The lowest BCUT2D eigenvalue weighted by Gasteiger charge is -2.43. The first kappa shape index (κ1) is 20.9. The van der Waals surface area contributed by atoms with Crippen LogP contribution in [0.3, 0.4) is 0 Å². The third-order valence-electron chi connectivity index (χ3n) is 7.34. The molecule has 2 bridgehead atoms. The van der Waals surface area contributed by atoms with Crippen LogP contribution in [-0.2, 0) is 20.1 Å². The molecule has 1 amide bonds. The van der Waals surface area contributed by atoms with Crippen LogP contribution < -0.4 is 10.9 Å². The number of piperidine rings is 1. The Hall–Kier alpha value is -3.64. The first-order valence-electron chi connectivity index (χ1n) is 11.9. The van der Waals surface area contributed by atoms with Gasteiger partial charge in [-0.1, -0.05) is 36.4 Å². The topological polar surface area (TPSA) is 59.3 Å². The van der Waals surface area contributed by atoms with Crippen molar-refractivity contribution >= 4 is 22.5 Å². The average molecular weight is 453 g/mol. The lowest BCUT2D eigenvalue weighted by atomic mass is 9.83. The number of para-hydroxylation sites is 1. The molecule has 1 N–H and O–H groups in total. The molecule has 6 heteroatoms. The Morgan fingerprint density at radius 2 is 1.76 bits per heavy atom. The van der Waals surface area contributed by atoms with Gasteiger partial charge in [0, 0.05) is 67.5 Å². The second-order valence-electron chi connectivity index (χ2n) is 9.68. The van der Waals surface area contributed by atoms with Gasteiger partial charge in [-0.05, 0) is 48.2 Å².